The van der Waals surface area contributed by atoms with Crippen molar-refractivity contribution < 1.29 is 22.7 Å². The van der Waals surface area contributed by atoms with E-state index in [0.717, 1.165) is 42.7 Å². The van der Waals surface area contributed by atoms with Crippen LogP contribution in [-0.4, -0.2) is 30.6 Å². The molecule has 1 aliphatic heterocycles. The maximum absolute atomic E-state index is 12.7. The van der Waals surface area contributed by atoms with Crippen LogP contribution in [0.1, 0.15) is 30.9 Å². The van der Waals surface area contributed by atoms with E-state index in [0.29, 0.717) is 31.3 Å². The average Bonchev–Trinajstić information content (AvgIpc) is 2.70. The van der Waals surface area contributed by atoms with Crippen molar-refractivity contribution in [1.82, 2.24) is 4.90 Å². The molecule has 0 atom stereocenters. The van der Waals surface area contributed by atoms with Gasteiger partial charge in [-0.2, -0.15) is 13.2 Å². The molecule has 0 saturated carbocycles. The van der Waals surface area contributed by atoms with Crippen molar-refractivity contribution in [2.24, 2.45) is 5.92 Å². The van der Waals surface area contributed by atoms with Crippen LogP contribution in [0.5, 0.6) is 5.75 Å². The monoisotopic (exact) mass is 406 g/mol. The topological polar surface area (TPSA) is 41.6 Å². The van der Waals surface area contributed by atoms with Gasteiger partial charge in [0.2, 0.25) is 0 Å². The third-order valence-corrected chi connectivity index (χ3v) is 5.12. The predicted octanol–water partition coefficient (Wildman–Crippen LogP) is 5.59. The van der Waals surface area contributed by atoms with Crippen LogP contribution >= 0.6 is 0 Å². The van der Waals surface area contributed by atoms with Crippen molar-refractivity contribution in [2.45, 2.75) is 32.4 Å². The van der Waals surface area contributed by atoms with Crippen LogP contribution in [0, 0.1) is 5.92 Å². The van der Waals surface area contributed by atoms with Gasteiger partial charge in [-0.3, -0.25) is 0 Å². The van der Waals surface area contributed by atoms with Crippen LogP contribution in [-0.2, 0) is 12.6 Å². The number of rotatable bonds is 5. The Morgan fingerprint density at radius 2 is 1.69 bits per heavy atom. The molecule has 1 saturated heterocycles. The predicted molar refractivity (Wildman–Crippen MR) is 106 cm³/mol. The van der Waals surface area contributed by atoms with Crippen LogP contribution in [0.3, 0.4) is 0 Å². The third kappa shape index (κ3) is 5.89. The van der Waals surface area contributed by atoms with E-state index >= 15 is 0 Å². The van der Waals surface area contributed by atoms with Gasteiger partial charge in [0.05, 0.1) is 12.2 Å². The summed E-state index contributed by atoms with van der Waals surface area (Å²) >= 11 is 0. The van der Waals surface area contributed by atoms with Gasteiger partial charge in [-0.15, -0.1) is 0 Å². The normalized spacial score (nSPS) is 15.2. The summed E-state index contributed by atoms with van der Waals surface area (Å²) in [5.74, 6) is 1.12. The number of alkyl halides is 3. The molecule has 0 radical (unpaired) electrons. The Bertz CT molecular complexity index is 796. The molecule has 4 nitrogen and oxygen atoms in total. The fraction of sp³-hybridized carbons (Fsp3) is 0.409. The Balaban J connectivity index is 1.46. The highest BCUT2D eigenvalue weighted by molar-refractivity contribution is 5.89. The number of nitrogens with one attached hydrogen (secondary N) is 1. The van der Waals surface area contributed by atoms with Crippen LogP contribution in [0.25, 0.3) is 0 Å². The van der Waals surface area contributed by atoms with Crippen LogP contribution < -0.4 is 10.1 Å². The molecule has 1 aliphatic rings. The maximum atomic E-state index is 12.7. The number of carbonyl (C=O) groups is 1. The highest BCUT2D eigenvalue weighted by Gasteiger charge is 2.30. The lowest BCUT2D eigenvalue weighted by Gasteiger charge is -2.32. The number of likely N-dealkylation sites (tertiary alicyclic amines) is 1. The summed E-state index contributed by atoms with van der Waals surface area (Å²) in [6, 6.07) is 12.5. The van der Waals surface area contributed by atoms with Gasteiger partial charge in [0.1, 0.15) is 5.75 Å². The highest BCUT2D eigenvalue weighted by atomic mass is 19.4. The van der Waals surface area contributed by atoms with E-state index in [1.807, 2.05) is 19.1 Å². The fourth-order valence-corrected chi connectivity index (χ4v) is 3.51. The summed E-state index contributed by atoms with van der Waals surface area (Å²) in [4.78, 5) is 14.2. The first-order valence-corrected chi connectivity index (χ1v) is 9.80. The molecule has 0 aromatic heterocycles. The minimum absolute atomic E-state index is 0.137. The molecule has 0 unspecified atom stereocenters. The minimum atomic E-state index is -4.30. The Hall–Kier alpha value is -2.70. The summed E-state index contributed by atoms with van der Waals surface area (Å²) < 4.78 is 43.4. The zero-order chi connectivity index (χ0) is 20.9. The molecule has 3 rings (SSSR count). The third-order valence-electron chi connectivity index (χ3n) is 5.12. The molecule has 1 N–H and O–H groups in total. The first-order valence-electron chi connectivity index (χ1n) is 9.80. The summed E-state index contributed by atoms with van der Waals surface area (Å²) in [5.41, 5.74) is 0.989. The number of halogens is 3. The van der Waals surface area contributed by atoms with Gasteiger partial charge in [-0.05, 0) is 74.1 Å². The highest BCUT2D eigenvalue weighted by Crippen LogP contribution is 2.30. The SMILES string of the molecule is CCOc1ccc(NC(=O)N2CCC(Cc3ccc(C(F)(F)F)cc3)CC2)cc1. The van der Waals surface area contributed by atoms with Gasteiger partial charge < -0.3 is 15.0 Å². The first-order chi connectivity index (χ1) is 13.8. The smallest absolute Gasteiger partial charge is 0.416 e. The largest absolute Gasteiger partial charge is 0.494 e. The molecule has 2 aromatic carbocycles. The molecule has 7 heteroatoms. The number of urea groups is 1. The number of hydrogen-bond acceptors (Lipinski definition) is 2. The lowest BCUT2D eigenvalue weighted by Crippen LogP contribution is -2.41. The fourth-order valence-electron chi connectivity index (χ4n) is 3.51. The van der Waals surface area contributed by atoms with E-state index in [2.05, 4.69) is 5.32 Å². The van der Waals surface area contributed by atoms with Gasteiger partial charge in [0, 0.05) is 18.8 Å². The summed E-state index contributed by atoms with van der Waals surface area (Å²) in [5, 5.41) is 2.89. The Morgan fingerprint density at radius 1 is 1.07 bits per heavy atom. The number of carbonyl (C=O) groups excluding carboxylic acids is 1. The number of piperidine rings is 1. The summed E-state index contributed by atoms with van der Waals surface area (Å²) in [6.07, 6.45) is -1.91. The zero-order valence-corrected chi connectivity index (χ0v) is 16.3. The van der Waals surface area contributed by atoms with Gasteiger partial charge in [-0.25, -0.2) is 4.79 Å². The second kappa shape index (κ2) is 9.20. The Morgan fingerprint density at radius 3 is 2.24 bits per heavy atom. The standard InChI is InChI=1S/C22H25F3N2O2/c1-2-29-20-9-7-19(8-10-20)26-21(28)27-13-11-17(12-14-27)15-16-3-5-18(6-4-16)22(23,24)25/h3-10,17H,2,11-15H2,1H3,(H,26,28). The van der Waals surface area contributed by atoms with E-state index in [9.17, 15) is 18.0 Å². The van der Waals surface area contributed by atoms with Gasteiger partial charge >= 0.3 is 12.2 Å². The second-order valence-electron chi connectivity index (χ2n) is 7.22. The quantitative estimate of drug-likeness (QED) is 0.703. The molecule has 1 fully saturated rings. The number of benzene rings is 2. The molecular formula is C22H25F3N2O2. The number of amides is 2. The molecule has 29 heavy (non-hydrogen) atoms. The van der Waals surface area contributed by atoms with Gasteiger partial charge in [-0.1, -0.05) is 12.1 Å². The van der Waals surface area contributed by atoms with Crippen LogP contribution in [0.15, 0.2) is 48.5 Å². The number of anilines is 1. The number of hydrogen-bond donors (Lipinski definition) is 1. The van der Waals surface area contributed by atoms with Crippen LogP contribution in [0.4, 0.5) is 23.7 Å². The molecule has 0 spiro atoms. The van der Waals surface area contributed by atoms with Crippen molar-refractivity contribution in [1.29, 1.82) is 0 Å². The van der Waals surface area contributed by atoms with Crippen molar-refractivity contribution in [3.8, 4) is 5.75 Å². The van der Waals surface area contributed by atoms with Gasteiger partial charge in [0.25, 0.3) is 0 Å². The Labute approximate surface area is 168 Å². The first kappa shape index (κ1) is 21.0. The summed E-state index contributed by atoms with van der Waals surface area (Å²) in [6.45, 7) is 3.77. The molecule has 156 valence electrons. The summed E-state index contributed by atoms with van der Waals surface area (Å²) in [7, 11) is 0. The second-order valence-corrected chi connectivity index (χ2v) is 7.22. The molecular weight excluding hydrogens is 381 g/mol. The molecule has 0 aliphatic carbocycles. The molecule has 1 heterocycles. The average molecular weight is 406 g/mol. The Kier molecular flexibility index (Phi) is 6.67. The van der Waals surface area contributed by atoms with Crippen molar-refractivity contribution >= 4 is 11.7 Å². The van der Waals surface area contributed by atoms with E-state index in [4.69, 9.17) is 4.74 Å². The van der Waals surface area contributed by atoms with Crippen molar-refractivity contribution in [2.75, 3.05) is 25.0 Å². The van der Waals surface area contributed by atoms with Crippen LogP contribution in [0.2, 0.25) is 0 Å². The van der Waals surface area contributed by atoms with Crippen molar-refractivity contribution in [3.05, 3.63) is 59.7 Å². The lowest BCUT2D eigenvalue weighted by molar-refractivity contribution is -0.137. The lowest BCUT2D eigenvalue weighted by atomic mass is 9.90. The van der Waals surface area contributed by atoms with E-state index < -0.39 is 11.7 Å². The minimum Gasteiger partial charge on any atom is -0.494 e. The molecule has 2 aromatic rings. The van der Waals surface area contributed by atoms with Gasteiger partial charge in [0.15, 0.2) is 0 Å². The molecule has 2 amide bonds. The number of nitrogens with zero attached hydrogens (tertiary/aromatic N) is 1. The zero-order valence-electron chi connectivity index (χ0n) is 16.3. The number of ether oxygens (including phenoxy) is 1. The maximum Gasteiger partial charge on any atom is 0.416 e. The van der Waals surface area contributed by atoms with E-state index in [1.165, 1.54) is 0 Å². The molecule has 0 bridgehead atoms. The van der Waals surface area contributed by atoms with Crippen molar-refractivity contribution in [3.63, 3.8) is 0 Å². The van der Waals surface area contributed by atoms with E-state index in [1.54, 1.807) is 29.2 Å². The van der Waals surface area contributed by atoms with E-state index in [-0.39, 0.29) is 6.03 Å².